The molecule has 4 heteroatoms. The third kappa shape index (κ3) is 1.79. The number of benzene rings is 1. The predicted octanol–water partition coefficient (Wildman–Crippen LogP) is 1.73. The Labute approximate surface area is 87.2 Å². The molecule has 1 N–H and O–H groups in total. The van der Waals surface area contributed by atoms with E-state index in [-0.39, 0.29) is 11.8 Å². The first-order chi connectivity index (χ1) is 7.22. The monoisotopic (exact) mass is 209 g/mol. The fourth-order valence-corrected chi connectivity index (χ4v) is 1.73. The number of fused-ring (bicyclic) bond motifs is 1. The van der Waals surface area contributed by atoms with Crippen molar-refractivity contribution in [2.75, 3.05) is 11.9 Å². The van der Waals surface area contributed by atoms with Crippen LogP contribution in [0.5, 0.6) is 0 Å². The lowest BCUT2D eigenvalue weighted by atomic mass is 10.1. The molecule has 1 heterocycles. The number of rotatable bonds is 2. The standard InChI is InChI=1S/C11H12FNO2/c1-2-15-11(14)9-6-7-4-3-5-8(12)10(7)13-9/h3-5,9,13H,2,6H2,1H3. The summed E-state index contributed by atoms with van der Waals surface area (Å²) in [5, 5.41) is 2.84. The summed E-state index contributed by atoms with van der Waals surface area (Å²) in [7, 11) is 0. The van der Waals surface area contributed by atoms with Gasteiger partial charge in [0.05, 0.1) is 12.3 Å². The van der Waals surface area contributed by atoms with Crippen LogP contribution in [0.3, 0.4) is 0 Å². The van der Waals surface area contributed by atoms with Crippen LogP contribution >= 0.6 is 0 Å². The lowest BCUT2D eigenvalue weighted by Gasteiger charge is -2.09. The van der Waals surface area contributed by atoms with Gasteiger partial charge in [-0.1, -0.05) is 12.1 Å². The highest BCUT2D eigenvalue weighted by molar-refractivity contribution is 5.82. The number of anilines is 1. The van der Waals surface area contributed by atoms with Gasteiger partial charge < -0.3 is 10.1 Å². The van der Waals surface area contributed by atoms with Crippen molar-refractivity contribution in [2.24, 2.45) is 0 Å². The molecule has 1 aromatic carbocycles. The number of carbonyl (C=O) groups excluding carboxylic acids is 1. The smallest absolute Gasteiger partial charge is 0.328 e. The Balaban J connectivity index is 2.15. The average Bonchev–Trinajstić information content (AvgIpc) is 2.63. The molecule has 15 heavy (non-hydrogen) atoms. The zero-order valence-electron chi connectivity index (χ0n) is 8.42. The van der Waals surface area contributed by atoms with Gasteiger partial charge >= 0.3 is 5.97 Å². The van der Waals surface area contributed by atoms with Crippen LogP contribution in [0.4, 0.5) is 10.1 Å². The molecule has 1 aliphatic rings. The molecule has 0 aromatic heterocycles. The Bertz CT molecular complexity index is 392. The van der Waals surface area contributed by atoms with Gasteiger partial charge in [0.15, 0.2) is 0 Å². The van der Waals surface area contributed by atoms with Gasteiger partial charge in [-0.2, -0.15) is 0 Å². The van der Waals surface area contributed by atoms with E-state index in [4.69, 9.17) is 4.74 Å². The van der Waals surface area contributed by atoms with Crippen LogP contribution in [0.25, 0.3) is 0 Å². The Morgan fingerprint density at radius 1 is 1.67 bits per heavy atom. The highest BCUT2D eigenvalue weighted by Gasteiger charge is 2.29. The zero-order valence-corrected chi connectivity index (χ0v) is 8.42. The molecule has 0 amide bonds. The summed E-state index contributed by atoms with van der Waals surface area (Å²) in [5.41, 5.74) is 1.25. The molecule has 0 saturated carbocycles. The first kappa shape index (κ1) is 9.96. The Kier molecular flexibility index (Phi) is 2.58. The van der Waals surface area contributed by atoms with Crippen LogP contribution in [0, 0.1) is 5.82 Å². The summed E-state index contributed by atoms with van der Waals surface area (Å²) in [6, 6.07) is 4.38. The molecular weight excluding hydrogens is 197 g/mol. The number of hydrogen-bond acceptors (Lipinski definition) is 3. The van der Waals surface area contributed by atoms with Crippen molar-refractivity contribution in [1.29, 1.82) is 0 Å². The van der Waals surface area contributed by atoms with E-state index in [1.165, 1.54) is 6.07 Å². The van der Waals surface area contributed by atoms with E-state index in [1.54, 1.807) is 13.0 Å². The maximum atomic E-state index is 13.3. The van der Waals surface area contributed by atoms with E-state index in [1.807, 2.05) is 6.07 Å². The molecule has 0 spiro atoms. The third-order valence-corrected chi connectivity index (χ3v) is 2.41. The second kappa shape index (κ2) is 3.88. The number of nitrogens with one attached hydrogen (secondary N) is 1. The summed E-state index contributed by atoms with van der Waals surface area (Å²) in [5.74, 6) is -0.646. The van der Waals surface area contributed by atoms with Gasteiger partial charge in [-0.3, -0.25) is 0 Å². The normalized spacial score (nSPS) is 18.1. The van der Waals surface area contributed by atoms with Crippen molar-refractivity contribution < 1.29 is 13.9 Å². The fraction of sp³-hybridized carbons (Fsp3) is 0.364. The van der Waals surface area contributed by atoms with Crippen molar-refractivity contribution in [3.63, 3.8) is 0 Å². The first-order valence-electron chi connectivity index (χ1n) is 4.93. The third-order valence-electron chi connectivity index (χ3n) is 2.41. The molecular formula is C11H12FNO2. The number of carbonyl (C=O) groups is 1. The molecule has 1 aliphatic heterocycles. The lowest BCUT2D eigenvalue weighted by molar-refractivity contribution is -0.143. The van der Waals surface area contributed by atoms with Crippen molar-refractivity contribution in [3.05, 3.63) is 29.6 Å². The molecule has 1 aromatic rings. The summed E-state index contributed by atoms with van der Waals surface area (Å²) < 4.78 is 18.2. The maximum absolute atomic E-state index is 13.3. The van der Waals surface area contributed by atoms with Crippen LogP contribution < -0.4 is 5.32 Å². The molecule has 0 saturated heterocycles. The minimum absolute atomic E-state index is 0.320. The van der Waals surface area contributed by atoms with Crippen molar-refractivity contribution in [2.45, 2.75) is 19.4 Å². The van der Waals surface area contributed by atoms with Gasteiger partial charge in [0.1, 0.15) is 11.9 Å². The van der Waals surface area contributed by atoms with E-state index in [0.29, 0.717) is 18.7 Å². The number of halogens is 1. The van der Waals surface area contributed by atoms with Gasteiger partial charge in [-0.25, -0.2) is 9.18 Å². The van der Waals surface area contributed by atoms with E-state index in [2.05, 4.69) is 5.32 Å². The lowest BCUT2D eigenvalue weighted by Crippen LogP contribution is -2.29. The number of hydrogen-bond donors (Lipinski definition) is 1. The van der Waals surface area contributed by atoms with E-state index in [0.717, 1.165) is 5.56 Å². The number of esters is 1. The zero-order chi connectivity index (χ0) is 10.8. The molecule has 0 radical (unpaired) electrons. The highest BCUT2D eigenvalue weighted by atomic mass is 19.1. The first-order valence-corrected chi connectivity index (χ1v) is 4.93. The quantitative estimate of drug-likeness (QED) is 0.754. The minimum atomic E-state index is -0.447. The molecule has 2 rings (SSSR count). The SMILES string of the molecule is CCOC(=O)C1Cc2cccc(F)c2N1. The molecule has 80 valence electrons. The molecule has 1 atom stereocenters. The van der Waals surface area contributed by atoms with Crippen molar-refractivity contribution >= 4 is 11.7 Å². The van der Waals surface area contributed by atoms with E-state index >= 15 is 0 Å². The number of ether oxygens (including phenoxy) is 1. The maximum Gasteiger partial charge on any atom is 0.328 e. The summed E-state index contributed by atoms with van der Waals surface area (Å²) in [6.07, 6.45) is 0.492. The Morgan fingerprint density at radius 2 is 2.47 bits per heavy atom. The second-order valence-corrected chi connectivity index (χ2v) is 3.43. The number of para-hydroxylation sites is 1. The molecule has 3 nitrogen and oxygen atoms in total. The predicted molar refractivity (Wildman–Crippen MR) is 54.1 cm³/mol. The Hall–Kier alpha value is -1.58. The summed E-state index contributed by atoms with van der Waals surface area (Å²) in [4.78, 5) is 11.4. The summed E-state index contributed by atoms with van der Waals surface area (Å²) >= 11 is 0. The van der Waals surface area contributed by atoms with Crippen LogP contribution in [0.2, 0.25) is 0 Å². The largest absolute Gasteiger partial charge is 0.464 e. The van der Waals surface area contributed by atoms with Crippen LogP contribution in [-0.4, -0.2) is 18.6 Å². The molecule has 0 aliphatic carbocycles. The summed E-state index contributed by atoms with van der Waals surface area (Å²) in [6.45, 7) is 2.09. The van der Waals surface area contributed by atoms with Crippen LogP contribution in [-0.2, 0) is 16.0 Å². The fourth-order valence-electron chi connectivity index (χ4n) is 1.73. The van der Waals surface area contributed by atoms with E-state index < -0.39 is 6.04 Å². The Morgan fingerprint density at radius 3 is 3.13 bits per heavy atom. The van der Waals surface area contributed by atoms with Gasteiger partial charge in [-0.15, -0.1) is 0 Å². The molecule has 0 bridgehead atoms. The van der Waals surface area contributed by atoms with Crippen LogP contribution in [0.1, 0.15) is 12.5 Å². The average molecular weight is 209 g/mol. The second-order valence-electron chi connectivity index (χ2n) is 3.43. The van der Waals surface area contributed by atoms with Gasteiger partial charge in [0.2, 0.25) is 0 Å². The van der Waals surface area contributed by atoms with Gasteiger partial charge in [0, 0.05) is 6.42 Å². The van der Waals surface area contributed by atoms with Gasteiger partial charge in [0.25, 0.3) is 0 Å². The van der Waals surface area contributed by atoms with E-state index in [9.17, 15) is 9.18 Å². The molecule has 1 unspecified atom stereocenters. The van der Waals surface area contributed by atoms with Crippen molar-refractivity contribution in [1.82, 2.24) is 0 Å². The van der Waals surface area contributed by atoms with Crippen LogP contribution in [0.15, 0.2) is 18.2 Å². The van der Waals surface area contributed by atoms with Gasteiger partial charge in [-0.05, 0) is 18.6 Å². The molecule has 0 fully saturated rings. The highest BCUT2D eigenvalue weighted by Crippen LogP contribution is 2.28. The van der Waals surface area contributed by atoms with Crippen molar-refractivity contribution in [3.8, 4) is 0 Å². The topological polar surface area (TPSA) is 38.3 Å². The minimum Gasteiger partial charge on any atom is -0.464 e.